The Morgan fingerprint density at radius 2 is 2.06 bits per heavy atom. The molecule has 0 radical (unpaired) electrons. The molecule has 92 valence electrons. The van der Waals surface area contributed by atoms with E-state index in [-0.39, 0.29) is 0 Å². The Balaban J connectivity index is 2.11. The third kappa shape index (κ3) is 2.85. The number of carbonyl (C=O) groups excluding carboxylic acids is 1. The minimum absolute atomic E-state index is 0.386. The first-order chi connectivity index (χ1) is 8.69. The second kappa shape index (κ2) is 5.31. The molecule has 4 nitrogen and oxygen atoms in total. The van der Waals surface area contributed by atoms with Gasteiger partial charge in [0.2, 0.25) is 5.88 Å². The molecule has 1 aromatic carbocycles. The van der Waals surface area contributed by atoms with Crippen molar-refractivity contribution >= 4 is 5.97 Å². The van der Waals surface area contributed by atoms with Crippen molar-refractivity contribution in [1.29, 1.82) is 0 Å². The van der Waals surface area contributed by atoms with Gasteiger partial charge in [-0.25, -0.2) is 9.78 Å². The van der Waals surface area contributed by atoms with Crippen LogP contribution in [0.2, 0.25) is 0 Å². The van der Waals surface area contributed by atoms with Gasteiger partial charge in [0.25, 0.3) is 0 Å². The third-order valence-corrected chi connectivity index (χ3v) is 2.38. The molecule has 18 heavy (non-hydrogen) atoms. The van der Waals surface area contributed by atoms with Crippen molar-refractivity contribution in [3.63, 3.8) is 0 Å². The number of aryl methyl sites for hydroxylation is 1. The van der Waals surface area contributed by atoms with E-state index in [1.165, 1.54) is 13.3 Å². The van der Waals surface area contributed by atoms with Gasteiger partial charge in [-0.3, -0.25) is 0 Å². The van der Waals surface area contributed by atoms with E-state index < -0.39 is 5.97 Å². The second-order valence-corrected chi connectivity index (χ2v) is 3.80. The fourth-order valence-electron chi connectivity index (χ4n) is 1.47. The molecule has 0 atom stereocenters. The summed E-state index contributed by atoms with van der Waals surface area (Å²) >= 11 is 0. The number of methoxy groups -OCH3 is 1. The van der Waals surface area contributed by atoms with Crippen molar-refractivity contribution in [2.24, 2.45) is 0 Å². The zero-order valence-electron chi connectivity index (χ0n) is 10.2. The number of rotatable bonds is 3. The van der Waals surface area contributed by atoms with E-state index >= 15 is 0 Å². The summed E-state index contributed by atoms with van der Waals surface area (Å²) in [4.78, 5) is 15.8. The number of nitrogens with zero attached hydrogens (tertiary/aromatic N) is 1. The van der Waals surface area contributed by atoms with E-state index in [2.05, 4.69) is 4.98 Å². The molecule has 1 heterocycles. The summed E-state index contributed by atoms with van der Waals surface area (Å²) in [5, 5.41) is 0. The zero-order chi connectivity index (χ0) is 13.0. The van der Waals surface area contributed by atoms with Crippen LogP contribution in [0.15, 0.2) is 42.6 Å². The highest BCUT2D eigenvalue weighted by Gasteiger charge is 2.09. The van der Waals surface area contributed by atoms with Gasteiger partial charge in [-0.15, -0.1) is 0 Å². The molecule has 0 spiro atoms. The molecule has 0 amide bonds. The zero-order valence-corrected chi connectivity index (χ0v) is 10.2. The van der Waals surface area contributed by atoms with Crippen LogP contribution in [0.25, 0.3) is 0 Å². The SMILES string of the molecule is COc1ccc(C(=O)Oc2cccc(C)c2)cn1. The van der Waals surface area contributed by atoms with E-state index in [1.54, 1.807) is 24.3 Å². The topological polar surface area (TPSA) is 48.4 Å². The van der Waals surface area contributed by atoms with Crippen LogP contribution in [0.4, 0.5) is 0 Å². The number of benzene rings is 1. The molecule has 0 aliphatic carbocycles. The number of hydrogen-bond acceptors (Lipinski definition) is 4. The Morgan fingerprint density at radius 3 is 2.67 bits per heavy atom. The lowest BCUT2D eigenvalue weighted by Gasteiger charge is -2.05. The van der Waals surface area contributed by atoms with Gasteiger partial charge in [0.1, 0.15) is 5.75 Å². The van der Waals surface area contributed by atoms with Crippen LogP contribution in [0.3, 0.4) is 0 Å². The van der Waals surface area contributed by atoms with Crippen molar-refractivity contribution in [2.75, 3.05) is 7.11 Å². The monoisotopic (exact) mass is 243 g/mol. The first-order valence-corrected chi connectivity index (χ1v) is 5.48. The summed E-state index contributed by atoms with van der Waals surface area (Å²) in [5.41, 5.74) is 1.42. The van der Waals surface area contributed by atoms with Crippen LogP contribution in [0.1, 0.15) is 15.9 Å². The highest BCUT2D eigenvalue weighted by atomic mass is 16.5. The van der Waals surface area contributed by atoms with Crippen molar-refractivity contribution in [3.8, 4) is 11.6 Å². The standard InChI is InChI=1S/C14H13NO3/c1-10-4-3-5-12(8-10)18-14(16)11-6-7-13(17-2)15-9-11/h3-9H,1-2H3. The molecule has 4 heteroatoms. The lowest BCUT2D eigenvalue weighted by atomic mass is 10.2. The van der Waals surface area contributed by atoms with Crippen molar-refractivity contribution in [2.45, 2.75) is 6.92 Å². The van der Waals surface area contributed by atoms with Crippen LogP contribution in [0.5, 0.6) is 11.6 Å². The fourth-order valence-corrected chi connectivity index (χ4v) is 1.47. The molecule has 2 rings (SSSR count). The van der Waals surface area contributed by atoms with Gasteiger partial charge >= 0.3 is 5.97 Å². The average molecular weight is 243 g/mol. The first-order valence-electron chi connectivity index (χ1n) is 5.48. The van der Waals surface area contributed by atoms with E-state index in [1.807, 2.05) is 19.1 Å². The third-order valence-electron chi connectivity index (χ3n) is 2.38. The molecule has 1 aromatic heterocycles. The summed E-state index contributed by atoms with van der Waals surface area (Å²) < 4.78 is 10.2. The maximum Gasteiger partial charge on any atom is 0.345 e. The first kappa shape index (κ1) is 12.1. The summed E-state index contributed by atoms with van der Waals surface area (Å²) in [5.74, 6) is 0.550. The Labute approximate surface area is 105 Å². The van der Waals surface area contributed by atoms with Gasteiger partial charge in [-0.2, -0.15) is 0 Å². The molecule has 0 aliphatic heterocycles. The van der Waals surface area contributed by atoms with Crippen molar-refractivity contribution in [3.05, 3.63) is 53.7 Å². The van der Waals surface area contributed by atoms with Gasteiger partial charge in [0.05, 0.1) is 12.7 Å². The van der Waals surface area contributed by atoms with Crippen LogP contribution in [-0.2, 0) is 0 Å². The predicted molar refractivity (Wildman–Crippen MR) is 66.9 cm³/mol. The molecule has 0 unspecified atom stereocenters. The minimum Gasteiger partial charge on any atom is -0.481 e. The van der Waals surface area contributed by atoms with Crippen molar-refractivity contribution in [1.82, 2.24) is 4.98 Å². The largest absolute Gasteiger partial charge is 0.481 e. The van der Waals surface area contributed by atoms with Crippen LogP contribution in [0, 0.1) is 6.92 Å². The molecule has 0 saturated heterocycles. The summed E-state index contributed by atoms with van der Waals surface area (Å²) in [6.07, 6.45) is 1.43. The predicted octanol–water partition coefficient (Wildman–Crippen LogP) is 2.62. The van der Waals surface area contributed by atoms with E-state index in [0.717, 1.165) is 5.56 Å². The fraction of sp³-hybridized carbons (Fsp3) is 0.143. The number of pyridine rings is 1. The molecule has 0 aliphatic rings. The number of carbonyl (C=O) groups is 1. The molecular formula is C14H13NO3. The molecular weight excluding hydrogens is 230 g/mol. The van der Waals surface area contributed by atoms with E-state index in [4.69, 9.17) is 9.47 Å². The Morgan fingerprint density at radius 1 is 1.22 bits per heavy atom. The Bertz CT molecular complexity index is 549. The quantitative estimate of drug-likeness (QED) is 0.614. The van der Waals surface area contributed by atoms with Crippen molar-refractivity contribution < 1.29 is 14.3 Å². The summed E-state index contributed by atoms with van der Waals surface area (Å²) in [6.45, 7) is 1.94. The summed E-state index contributed by atoms with van der Waals surface area (Å²) in [7, 11) is 1.52. The highest BCUT2D eigenvalue weighted by Crippen LogP contribution is 2.15. The van der Waals surface area contributed by atoms with Crippen LogP contribution < -0.4 is 9.47 Å². The Hall–Kier alpha value is -2.36. The highest BCUT2D eigenvalue weighted by molar-refractivity contribution is 5.90. The minimum atomic E-state index is -0.434. The van der Waals surface area contributed by atoms with Gasteiger partial charge in [-0.1, -0.05) is 12.1 Å². The van der Waals surface area contributed by atoms with Crippen LogP contribution in [-0.4, -0.2) is 18.1 Å². The number of aromatic nitrogens is 1. The number of esters is 1. The molecule has 0 fully saturated rings. The van der Waals surface area contributed by atoms with Gasteiger partial charge < -0.3 is 9.47 Å². The average Bonchev–Trinajstić information content (AvgIpc) is 2.39. The van der Waals surface area contributed by atoms with Gasteiger partial charge in [0.15, 0.2) is 0 Å². The second-order valence-electron chi connectivity index (χ2n) is 3.80. The van der Waals surface area contributed by atoms with Crippen LogP contribution >= 0.6 is 0 Å². The van der Waals surface area contributed by atoms with E-state index in [0.29, 0.717) is 17.2 Å². The number of hydrogen-bond donors (Lipinski definition) is 0. The molecule has 0 bridgehead atoms. The lowest BCUT2D eigenvalue weighted by Crippen LogP contribution is -2.08. The van der Waals surface area contributed by atoms with Gasteiger partial charge in [0, 0.05) is 12.3 Å². The number of ether oxygens (including phenoxy) is 2. The molecule has 0 saturated carbocycles. The smallest absolute Gasteiger partial charge is 0.345 e. The lowest BCUT2D eigenvalue weighted by molar-refractivity contribution is 0.0734. The normalized spacial score (nSPS) is 9.89. The molecule has 2 aromatic rings. The Kier molecular flexibility index (Phi) is 3.57. The van der Waals surface area contributed by atoms with E-state index in [9.17, 15) is 4.79 Å². The maximum atomic E-state index is 11.8. The summed E-state index contributed by atoms with van der Waals surface area (Å²) in [6, 6.07) is 10.5. The molecule has 0 N–H and O–H groups in total. The maximum absolute atomic E-state index is 11.8. The van der Waals surface area contributed by atoms with Gasteiger partial charge in [-0.05, 0) is 30.7 Å².